The number of sulfonamides is 1. The topological polar surface area (TPSA) is 46.6 Å². The van der Waals surface area contributed by atoms with Crippen molar-refractivity contribution in [2.24, 2.45) is 5.92 Å². The Bertz CT molecular complexity index is 307. The number of rotatable bonds is 6. The lowest BCUT2D eigenvalue weighted by Crippen LogP contribution is -2.40. The maximum Gasteiger partial charge on any atom is 0.216 e. The van der Waals surface area contributed by atoms with E-state index in [1.807, 2.05) is 13.8 Å². The molecule has 0 N–H and O–H groups in total. The summed E-state index contributed by atoms with van der Waals surface area (Å²) in [5.74, 6) is 0.773. The minimum absolute atomic E-state index is 0.0479. The summed E-state index contributed by atoms with van der Waals surface area (Å²) in [5.41, 5.74) is 0. The first kappa shape index (κ1) is 14.2. The van der Waals surface area contributed by atoms with Crippen LogP contribution in [0.4, 0.5) is 0 Å². The van der Waals surface area contributed by atoms with E-state index in [4.69, 9.17) is 16.3 Å². The van der Waals surface area contributed by atoms with Gasteiger partial charge >= 0.3 is 0 Å². The van der Waals surface area contributed by atoms with Crippen LogP contribution in [0.2, 0.25) is 0 Å². The highest BCUT2D eigenvalue weighted by atomic mass is 35.5. The molecule has 0 aliphatic carbocycles. The van der Waals surface area contributed by atoms with Crippen LogP contribution in [0.5, 0.6) is 0 Å². The maximum atomic E-state index is 12.0. The Morgan fingerprint density at radius 1 is 1.50 bits per heavy atom. The smallest absolute Gasteiger partial charge is 0.216 e. The largest absolute Gasteiger partial charge is 0.381 e. The minimum Gasteiger partial charge on any atom is -0.381 e. The third-order valence-corrected chi connectivity index (χ3v) is 5.20. The lowest BCUT2D eigenvalue weighted by Gasteiger charge is -2.24. The summed E-state index contributed by atoms with van der Waals surface area (Å²) >= 11 is 5.83. The monoisotopic (exact) mass is 269 g/mol. The molecular weight excluding hydrogens is 250 g/mol. The molecule has 1 saturated heterocycles. The molecule has 0 aromatic carbocycles. The molecule has 0 saturated carbocycles. The van der Waals surface area contributed by atoms with Gasteiger partial charge in [-0.2, -0.15) is 4.31 Å². The second kappa shape index (κ2) is 6.19. The molecule has 2 unspecified atom stereocenters. The molecule has 96 valence electrons. The van der Waals surface area contributed by atoms with Crippen LogP contribution in [-0.2, 0) is 14.8 Å². The Morgan fingerprint density at radius 2 is 2.19 bits per heavy atom. The molecule has 1 fully saturated rings. The fourth-order valence-corrected chi connectivity index (χ4v) is 4.17. The molecule has 0 aromatic heterocycles. The van der Waals surface area contributed by atoms with Crippen LogP contribution in [0.3, 0.4) is 0 Å². The zero-order valence-electron chi connectivity index (χ0n) is 9.86. The first-order valence-corrected chi connectivity index (χ1v) is 7.80. The molecule has 0 aromatic rings. The zero-order chi connectivity index (χ0) is 12.2. The number of hydrogen-bond acceptors (Lipinski definition) is 3. The summed E-state index contributed by atoms with van der Waals surface area (Å²) in [7, 11) is -3.20. The van der Waals surface area contributed by atoms with Gasteiger partial charge in [0.05, 0.1) is 12.4 Å². The fraction of sp³-hybridized carbons (Fsp3) is 1.00. The number of hydrogen-bond donors (Lipinski definition) is 0. The molecule has 0 amide bonds. The van der Waals surface area contributed by atoms with Crippen molar-refractivity contribution in [2.75, 3.05) is 31.4 Å². The van der Waals surface area contributed by atoms with Gasteiger partial charge in [-0.3, -0.25) is 0 Å². The molecule has 0 spiro atoms. The van der Waals surface area contributed by atoms with Gasteiger partial charge in [0.2, 0.25) is 10.0 Å². The summed E-state index contributed by atoms with van der Waals surface area (Å²) in [4.78, 5) is 0. The molecule has 4 nitrogen and oxygen atoms in total. The quantitative estimate of drug-likeness (QED) is 0.539. The predicted octanol–water partition coefficient (Wildman–Crippen LogP) is 1.30. The zero-order valence-corrected chi connectivity index (χ0v) is 11.4. The number of nitrogens with zero attached hydrogens (tertiary/aromatic N) is 1. The van der Waals surface area contributed by atoms with Gasteiger partial charge in [0.25, 0.3) is 0 Å². The average Bonchev–Trinajstić information content (AvgIpc) is 2.60. The van der Waals surface area contributed by atoms with E-state index in [0.29, 0.717) is 24.9 Å². The Balaban J connectivity index is 2.61. The van der Waals surface area contributed by atoms with E-state index in [-0.39, 0.29) is 18.4 Å². The summed E-state index contributed by atoms with van der Waals surface area (Å²) in [5, 5.41) is 0. The molecule has 1 aliphatic rings. The Labute approximate surface area is 103 Å². The summed E-state index contributed by atoms with van der Waals surface area (Å²) < 4.78 is 30.7. The maximum absolute atomic E-state index is 12.0. The summed E-state index contributed by atoms with van der Waals surface area (Å²) in [6.07, 6.45) is 0.894. The molecule has 16 heavy (non-hydrogen) atoms. The third-order valence-electron chi connectivity index (χ3n) is 3.04. The van der Waals surface area contributed by atoms with Crippen LogP contribution in [0, 0.1) is 5.92 Å². The second-order valence-electron chi connectivity index (χ2n) is 4.11. The SMILES string of the molecule is CCOCCS(=O)(=O)N1CCC(C)C1CCl. The lowest BCUT2D eigenvalue weighted by molar-refractivity contribution is 0.162. The molecule has 0 radical (unpaired) electrons. The van der Waals surface area contributed by atoms with E-state index in [1.165, 1.54) is 0 Å². The van der Waals surface area contributed by atoms with Crippen LogP contribution >= 0.6 is 11.6 Å². The normalized spacial score (nSPS) is 27.4. The fourth-order valence-electron chi connectivity index (χ4n) is 1.97. The van der Waals surface area contributed by atoms with E-state index in [9.17, 15) is 8.42 Å². The number of halogens is 1. The van der Waals surface area contributed by atoms with E-state index >= 15 is 0 Å². The van der Waals surface area contributed by atoms with Gasteiger partial charge in [0.15, 0.2) is 0 Å². The highest BCUT2D eigenvalue weighted by Crippen LogP contribution is 2.27. The van der Waals surface area contributed by atoms with Crippen molar-refractivity contribution in [1.82, 2.24) is 4.31 Å². The molecule has 6 heteroatoms. The lowest BCUT2D eigenvalue weighted by atomic mass is 10.1. The summed E-state index contributed by atoms with van der Waals surface area (Å²) in [6.45, 7) is 5.30. The second-order valence-corrected chi connectivity index (χ2v) is 6.46. The van der Waals surface area contributed by atoms with Gasteiger partial charge in [0.1, 0.15) is 0 Å². The Hall–Kier alpha value is 0.160. The van der Waals surface area contributed by atoms with Gasteiger partial charge in [-0.1, -0.05) is 6.92 Å². The van der Waals surface area contributed by atoms with Gasteiger partial charge in [-0.25, -0.2) is 8.42 Å². The molecule has 0 bridgehead atoms. The minimum atomic E-state index is -3.20. The van der Waals surface area contributed by atoms with Crippen LogP contribution < -0.4 is 0 Å². The number of alkyl halides is 1. The molecule has 1 rings (SSSR count). The van der Waals surface area contributed by atoms with E-state index in [1.54, 1.807) is 4.31 Å². The third kappa shape index (κ3) is 3.32. The van der Waals surface area contributed by atoms with Crippen LogP contribution in [0.25, 0.3) is 0 Å². The van der Waals surface area contributed by atoms with E-state index in [2.05, 4.69) is 0 Å². The molecule has 2 atom stereocenters. The first-order chi connectivity index (χ1) is 7.53. The highest BCUT2D eigenvalue weighted by Gasteiger charge is 2.37. The van der Waals surface area contributed by atoms with Crippen molar-refractivity contribution >= 4 is 21.6 Å². The van der Waals surface area contributed by atoms with E-state index < -0.39 is 10.0 Å². The van der Waals surface area contributed by atoms with Crippen molar-refractivity contribution in [3.05, 3.63) is 0 Å². The molecule has 1 heterocycles. The van der Waals surface area contributed by atoms with Crippen molar-refractivity contribution in [1.29, 1.82) is 0 Å². The van der Waals surface area contributed by atoms with Crippen LogP contribution in [0.15, 0.2) is 0 Å². The van der Waals surface area contributed by atoms with Gasteiger partial charge in [0, 0.05) is 25.1 Å². The summed E-state index contributed by atoms with van der Waals surface area (Å²) in [6, 6.07) is -0.0479. The molecule has 1 aliphatic heterocycles. The van der Waals surface area contributed by atoms with Crippen molar-refractivity contribution < 1.29 is 13.2 Å². The molecular formula is C10H20ClNO3S. The van der Waals surface area contributed by atoms with Crippen molar-refractivity contribution in [3.8, 4) is 0 Å². The van der Waals surface area contributed by atoms with Gasteiger partial charge < -0.3 is 4.74 Å². The highest BCUT2D eigenvalue weighted by molar-refractivity contribution is 7.89. The van der Waals surface area contributed by atoms with E-state index in [0.717, 1.165) is 6.42 Å². The standard InChI is InChI=1S/C10H20ClNO3S/c1-3-15-6-7-16(13,14)12-5-4-9(2)10(12)8-11/h9-10H,3-8H2,1-2H3. The van der Waals surface area contributed by atoms with Gasteiger partial charge in [-0.05, 0) is 19.3 Å². The van der Waals surface area contributed by atoms with Crippen LogP contribution in [0.1, 0.15) is 20.3 Å². The Morgan fingerprint density at radius 3 is 2.75 bits per heavy atom. The van der Waals surface area contributed by atoms with Crippen LogP contribution in [-0.4, -0.2) is 50.2 Å². The first-order valence-electron chi connectivity index (χ1n) is 5.66. The number of ether oxygens (including phenoxy) is 1. The van der Waals surface area contributed by atoms with Crippen molar-refractivity contribution in [3.63, 3.8) is 0 Å². The predicted molar refractivity (Wildman–Crippen MR) is 65.3 cm³/mol. The van der Waals surface area contributed by atoms with Gasteiger partial charge in [-0.15, -0.1) is 11.6 Å². The van der Waals surface area contributed by atoms with Crippen molar-refractivity contribution in [2.45, 2.75) is 26.3 Å². The average molecular weight is 270 g/mol. The Kier molecular flexibility index (Phi) is 5.50.